The van der Waals surface area contributed by atoms with E-state index in [1.165, 1.54) is 0 Å². The molecule has 0 saturated carbocycles. The molecule has 1 fully saturated rings. The molecule has 1 aromatic carbocycles. The van der Waals surface area contributed by atoms with Gasteiger partial charge in [0.2, 0.25) is 0 Å². The zero-order chi connectivity index (χ0) is 23.1. The van der Waals surface area contributed by atoms with E-state index in [2.05, 4.69) is 5.32 Å². The predicted octanol–water partition coefficient (Wildman–Crippen LogP) is 3.69. The third kappa shape index (κ3) is 7.75. The molecule has 2 rings (SSSR count). The number of hydrogen-bond acceptors (Lipinski definition) is 4. The molecule has 0 amide bonds. The third-order valence-electron chi connectivity index (χ3n) is 4.64. The number of aliphatic carboxylic acids is 2. The van der Waals surface area contributed by atoms with Gasteiger partial charge in [0.15, 0.2) is 0 Å². The Morgan fingerprint density at radius 3 is 2.13 bits per heavy atom. The Morgan fingerprint density at radius 1 is 1.17 bits per heavy atom. The maximum absolute atomic E-state index is 13.5. The van der Waals surface area contributed by atoms with Crippen LogP contribution in [0.25, 0.3) is 0 Å². The molecule has 1 aliphatic heterocycles. The van der Waals surface area contributed by atoms with Crippen LogP contribution < -0.4 is 5.32 Å². The van der Waals surface area contributed by atoms with Gasteiger partial charge in [-0.15, -0.1) is 0 Å². The number of halogens is 4. The molecule has 0 spiro atoms. The Kier molecular flexibility index (Phi) is 9.44. The molecule has 2 atom stereocenters. The minimum atomic E-state index is -4.48. The summed E-state index contributed by atoms with van der Waals surface area (Å²) in [6.45, 7) is 7.25. The Hall–Kier alpha value is -2.46. The highest BCUT2D eigenvalue weighted by Gasteiger charge is 2.37. The van der Waals surface area contributed by atoms with Crippen molar-refractivity contribution >= 4 is 11.9 Å². The van der Waals surface area contributed by atoms with Crippen LogP contribution in [0.4, 0.5) is 17.6 Å². The average molecular weight is 434 g/mol. The van der Waals surface area contributed by atoms with Gasteiger partial charge < -0.3 is 15.5 Å². The van der Waals surface area contributed by atoms with Crippen molar-refractivity contribution in [3.63, 3.8) is 0 Å². The van der Waals surface area contributed by atoms with E-state index in [0.29, 0.717) is 12.2 Å². The topological polar surface area (TPSA) is 89.9 Å². The number of alkyl halides is 3. The molecule has 10 heteroatoms. The molecule has 1 heterocycles. The molecular weight excluding hydrogens is 408 g/mol. The van der Waals surface area contributed by atoms with E-state index in [-0.39, 0.29) is 17.6 Å². The Bertz CT molecular complexity index is 744. The van der Waals surface area contributed by atoms with Crippen molar-refractivity contribution in [3.05, 3.63) is 47.3 Å². The standard InChI is InChI=1S/C16H22F4N2.C4H4O4/c1-10(2)22(13-6-7-21-9-13)11(3)14-8-12(17)4-5-15(14)16(18,19)20;5-3(6)1-2-4(7)8/h4-5,8,10-11,13,21H,6-7,9H2,1-3H3;1-2H,(H,5,6)(H,7,8)/t11?,13-;/m0./s1. The van der Waals surface area contributed by atoms with Crippen LogP contribution in [-0.2, 0) is 15.8 Å². The minimum Gasteiger partial charge on any atom is -0.478 e. The van der Waals surface area contributed by atoms with Gasteiger partial charge in [-0.1, -0.05) is 0 Å². The second-order valence-corrected chi connectivity index (χ2v) is 7.10. The van der Waals surface area contributed by atoms with Crippen molar-refractivity contribution in [2.24, 2.45) is 0 Å². The molecule has 1 unspecified atom stereocenters. The van der Waals surface area contributed by atoms with Crippen LogP contribution in [0.15, 0.2) is 30.4 Å². The van der Waals surface area contributed by atoms with Gasteiger partial charge in [0.1, 0.15) is 5.82 Å². The van der Waals surface area contributed by atoms with Gasteiger partial charge in [-0.2, -0.15) is 13.2 Å². The first-order chi connectivity index (χ1) is 13.8. The first-order valence-corrected chi connectivity index (χ1v) is 9.33. The molecule has 0 bridgehead atoms. The minimum absolute atomic E-state index is 0.00750. The van der Waals surface area contributed by atoms with Gasteiger partial charge in [-0.25, -0.2) is 14.0 Å². The lowest BCUT2D eigenvalue weighted by molar-refractivity contribution is -0.139. The van der Waals surface area contributed by atoms with Gasteiger partial charge in [-0.05, 0) is 57.5 Å². The molecule has 0 aliphatic carbocycles. The smallest absolute Gasteiger partial charge is 0.416 e. The van der Waals surface area contributed by atoms with Crippen molar-refractivity contribution in [1.29, 1.82) is 0 Å². The van der Waals surface area contributed by atoms with Crippen molar-refractivity contribution < 1.29 is 37.4 Å². The van der Waals surface area contributed by atoms with Crippen LogP contribution in [0, 0.1) is 5.82 Å². The van der Waals surface area contributed by atoms with Crippen molar-refractivity contribution in [1.82, 2.24) is 10.2 Å². The second-order valence-electron chi connectivity index (χ2n) is 7.10. The van der Waals surface area contributed by atoms with E-state index in [0.717, 1.165) is 37.7 Å². The van der Waals surface area contributed by atoms with Crippen molar-refractivity contribution in [2.45, 2.75) is 51.5 Å². The number of nitrogens with zero attached hydrogens (tertiary/aromatic N) is 1. The highest BCUT2D eigenvalue weighted by molar-refractivity contribution is 5.89. The number of rotatable bonds is 6. The summed E-state index contributed by atoms with van der Waals surface area (Å²) >= 11 is 0. The van der Waals surface area contributed by atoms with Crippen LogP contribution in [-0.4, -0.2) is 52.2 Å². The number of carboxylic acids is 2. The van der Waals surface area contributed by atoms with E-state index in [9.17, 15) is 27.2 Å². The molecule has 30 heavy (non-hydrogen) atoms. The van der Waals surface area contributed by atoms with Crippen LogP contribution in [0.2, 0.25) is 0 Å². The lowest BCUT2D eigenvalue weighted by Gasteiger charge is -2.38. The SMILES string of the molecule is CC(C)N(C(C)c1cc(F)ccc1C(F)(F)F)[C@H]1CCNC1.O=C(O)C=CC(=O)O. The van der Waals surface area contributed by atoms with Crippen molar-refractivity contribution in [2.75, 3.05) is 13.1 Å². The molecule has 1 aromatic rings. The van der Waals surface area contributed by atoms with E-state index < -0.39 is 35.5 Å². The molecule has 168 valence electrons. The highest BCUT2D eigenvalue weighted by atomic mass is 19.4. The number of hydrogen-bond donors (Lipinski definition) is 3. The summed E-state index contributed by atoms with van der Waals surface area (Å²) in [6.07, 6.45) is -2.47. The first kappa shape index (κ1) is 25.6. The van der Waals surface area contributed by atoms with Crippen LogP contribution in [0.1, 0.15) is 44.4 Å². The summed E-state index contributed by atoms with van der Waals surface area (Å²) in [5, 5.41) is 18.9. The van der Waals surface area contributed by atoms with Crippen molar-refractivity contribution in [3.8, 4) is 0 Å². The van der Waals surface area contributed by atoms with Gasteiger partial charge in [0, 0.05) is 36.8 Å². The lowest BCUT2D eigenvalue weighted by atomic mass is 9.96. The summed E-state index contributed by atoms with van der Waals surface area (Å²) in [6, 6.07) is 2.47. The van der Waals surface area contributed by atoms with E-state index in [1.807, 2.05) is 18.7 Å². The van der Waals surface area contributed by atoms with E-state index in [4.69, 9.17) is 10.2 Å². The predicted molar refractivity (Wildman–Crippen MR) is 102 cm³/mol. The number of carbonyl (C=O) groups is 2. The van der Waals surface area contributed by atoms with Gasteiger partial charge in [0.05, 0.1) is 5.56 Å². The lowest BCUT2D eigenvalue weighted by Crippen LogP contribution is -2.43. The highest BCUT2D eigenvalue weighted by Crippen LogP contribution is 2.38. The molecule has 6 nitrogen and oxygen atoms in total. The van der Waals surface area contributed by atoms with E-state index in [1.54, 1.807) is 6.92 Å². The number of nitrogens with one attached hydrogen (secondary N) is 1. The fourth-order valence-electron chi connectivity index (χ4n) is 3.52. The summed E-state index contributed by atoms with van der Waals surface area (Å²) in [7, 11) is 0. The summed E-state index contributed by atoms with van der Waals surface area (Å²) in [4.78, 5) is 21.2. The van der Waals surface area contributed by atoms with Crippen LogP contribution in [0.5, 0.6) is 0 Å². The normalized spacial score (nSPS) is 17.8. The summed E-state index contributed by atoms with van der Waals surface area (Å²) in [5.41, 5.74) is -0.744. The number of carboxylic acid groups (broad SMARTS) is 2. The summed E-state index contributed by atoms with van der Waals surface area (Å²) < 4.78 is 53.2. The zero-order valence-corrected chi connectivity index (χ0v) is 16.9. The average Bonchev–Trinajstić information content (AvgIpc) is 3.13. The van der Waals surface area contributed by atoms with Gasteiger partial charge in [-0.3, -0.25) is 4.90 Å². The van der Waals surface area contributed by atoms with Crippen LogP contribution >= 0.6 is 0 Å². The second kappa shape index (κ2) is 11.1. The molecular formula is C20H26F4N2O4. The molecule has 0 aromatic heterocycles. The quantitative estimate of drug-likeness (QED) is 0.468. The first-order valence-electron chi connectivity index (χ1n) is 9.33. The van der Waals surface area contributed by atoms with E-state index >= 15 is 0 Å². The largest absolute Gasteiger partial charge is 0.478 e. The Balaban J connectivity index is 0.000000479. The monoisotopic (exact) mass is 434 g/mol. The molecule has 3 N–H and O–H groups in total. The number of benzene rings is 1. The maximum Gasteiger partial charge on any atom is 0.416 e. The van der Waals surface area contributed by atoms with Gasteiger partial charge >= 0.3 is 18.1 Å². The zero-order valence-electron chi connectivity index (χ0n) is 16.9. The Labute approximate surface area is 172 Å². The fraction of sp³-hybridized carbons (Fsp3) is 0.500. The molecule has 1 saturated heterocycles. The van der Waals surface area contributed by atoms with Crippen LogP contribution in [0.3, 0.4) is 0 Å². The Morgan fingerprint density at radius 2 is 1.73 bits per heavy atom. The summed E-state index contributed by atoms with van der Waals surface area (Å²) in [5.74, 6) is -3.15. The maximum atomic E-state index is 13.5. The molecule has 1 aliphatic rings. The van der Waals surface area contributed by atoms with Gasteiger partial charge in [0.25, 0.3) is 0 Å². The third-order valence-corrected chi connectivity index (χ3v) is 4.64. The molecule has 0 radical (unpaired) electrons. The fourth-order valence-corrected chi connectivity index (χ4v) is 3.52.